The molecule has 282 valence electrons. The standard InChI is InChI=1S/C46H48N10/c1-7-55(8-2)43-25-19-39(20-26-43)49-47-35-11-15-37(16-12-35)51-53-41-23-29-45(33(5)31-41)46-30-24-42(32-34(46)6)54-52-38-17-13-36(14-18-38)48-50-40-21-27-44(28-22-40)56(9-3)10-4/h11-32H,7-10H2,1-6H3. The van der Waals surface area contributed by atoms with Gasteiger partial charge in [-0.25, -0.2) is 0 Å². The maximum Gasteiger partial charge on any atom is 0.0860 e. The van der Waals surface area contributed by atoms with Gasteiger partial charge in [-0.15, -0.1) is 0 Å². The third kappa shape index (κ3) is 10.3. The Bertz CT molecular complexity index is 2140. The third-order valence-electron chi connectivity index (χ3n) is 9.49. The van der Waals surface area contributed by atoms with Gasteiger partial charge in [0.25, 0.3) is 0 Å². The van der Waals surface area contributed by atoms with Crippen molar-refractivity contribution < 1.29 is 0 Å². The lowest BCUT2D eigenvalue weighted by Gasteiger charge is -2.20. The SMILES string of the molecule is CCN(CC)c1ccc(N=Nc2ccc(N=Nc3ccc(-c4ccc(N=Nc5ccc(N=Nc6ccc(N(CC)CC)cc6)cc5)cc4C)c(C)c3)cc2)cc1. The molecule has 56 heavy (non-hydrogen) atoms. The molecule has 10 heteroatoms. The number of nitrogens with zero attached hydrogens (tertiary/aromatic N) is 10. The van der Waals surface area contributed by atoms with Crippen LogP contribution in [0.4, 0.5) is 56.9 Å². The van der Waals surface area contributed by atoms with E-state index in [2.05, 4.69) is 129 Å². The average molecular weight is 741 g/mol. The molecular formula is C46H48N10. The summed E-state index contributed by atoms with van der Waals surface area (Å²) in [6.45, 7) is 16.7. The van der Waals surface area contributed by atoms with Crippen molar-refractivity contribution in [2.45, 2.75) is 41.5 Å². The van der Waals surface area contributed by atoms with Crippen LogP contribution in [0.25, 0.3) is 11.1 Å². The summed E-state index contributed by atoms with van der Waals surface area (Å²) in [7, 11) is 0. The van der Waals surface area contributed by atoms with Crippen molar-refractivity contribution in [3.05, 3.63) is 145 Å². The summed E-state index contributed by atoms with van der Waals surface area (Å²) in [6.07, 6.45) is 0. The lowest BCUT2D eigenvalue weighted by atomic mass is 9.96. The van der Waals surface area contributed by atoms with Gasteiger partial charge in [-0.05, 0) is 185 Å². The monoisotopic (exact) mass is 740 g/mol. The Hall–Kier alpha value is -6.68. The molecule has 0 aliphatic carbocycles. The van der Waals surface area contributed by atoms with Crippen LogP contribution < -0.4 is 9.80 Å². The molecule has 0 fully saturated rings. The zero-order valence-corrected chi connectivity index (χ0v) is 33.0. The zero-order valence-electron chi connectivity index (χ0n) is 33.0. The van der Waals surface area contributed by atoms with E-state index in [-0.39, 0.29) is 0 Å². The van der Waals surface area contributed by atoms with Crippen LogP contribution in [-0.4, -0.2) is 26.2 Å². The van der Waals surface area contributed by atoms with Crippen molar-refractivity contribution in [2.75, 3.05) is 36.0 Å². The van der Waals surface area contributed by atoms with E-state index in [1.165, 1.54) is 11.4 Å². The Morgan fingerprint density at radius 2 is 0.518 bits per heavy atom. The van der Waals surface area contributed by atoms with E-state index in [1.807, 2.05) is 97.1 Å². The first kappa shape index (κ1) is 39.0. The normalized spacial score (nSPS) is 11.8. The van der Waals surface area contributed by atoms with Crippen molar-refractivity contribution in [3.63, 3.8) is 0 Å². The number of hydrogen-bond donors (Lipinski definition) is 0. The van der Waals surface area contributed by atoms with Crippen molar-refractivity contribution >= 4 is 56.9 Å². The largest absolute Gasteiger partial charge is 0.372 e. The summed E-state index contributed by atoms with van der Waals surface area (Å²) in [4.78, 5) is 4.59. The second kappa shape index (κ2) is 19.1. The molecule has 0 amide bonds. The van der Waals surface area contributed by atoms with Crippen molar-refractivity contribution in [2.24, 2.45) is 40.9 Å². The van der Waals surface area contributed by atoms with Gasteiger partial charge in [0, 0.05) is 37.6 Å². The second-order valence-electron chi connectivity index (χ2n) is 13.2. The number of hydrogen-bond acceptors (Lipinski definition) is 10. The predicted octanol–water partition coefficient (Wildman–Crippen LogP) is 15.3. The fraction of sp³-hybridized carbons (Fsp3) is 0.217. The van der Waals surface area contributed by atoms with Crippen LogP contribution in [0.5, 0.6) is 0 Å². The maximum absolute atomic E-state index is 4.49. The van der Waals surface area contributed by atoms with E-state index in [0.29, 0.717) is 0 Å². The number of benzene rings is 6. The first-order valence-electron chi connectivity index (χ1n) is 19.1. The average Bonchev–Trinajstić information content (AvgIpc) is 3.23. The van der Waals surface area contributed by atoms with Crippen LogP contribution >= 0.6 is 0 Å². The molecule has 0 radical (unpaired) electrons. The predicted molar refractivity (Wildman–Crippen MR) is 231 cm³/mol. The van der Waals surface area contributed by atoms with Gasteiger partial charge in [0.15, 0.2) is 0 Å². The molecule has 0 spiro atoms. The van der Waals surface area contributed by atoms with Crippen LogP contribution in [0.3, 0.4) is 0 Å². The van der Waals surface area contributed by atoms with Gasteiger partial charge in [-0.1, -0.05) is 12.1 Å². The van der Waals surface area contributed by atoms with Gasteiger partial charge in [-0.2, -0.15) is 40.9 Å². The molecule has 6 rings (SSSR count). The van der Waals surface area contributed by atoms with Crippen LogP contribution in [0.1, 0.15) is 38.8 Å². The Labute approximate surface area is 330 Å². The maximum atomic E-state index is 4.49. The number of anilines is 2. The van der Waals surface area contributed by atoms with Gasteiger partial charge in [0.1, 0.15) is 0 Å². The van der Waals surface area contributed by atoms with Crippen molar-refractivity contribution in [1.29, 1.82) is 0 Å². The highest BCUT2D eigenvalue weighted by atomic mass is 15.1. The molecular weight excluding hydrogens is 693 g/mol. The Kier molecular flexibility index (Phi) is 13.3. The van der Waals surface area contributed by atoms with Crippen molar-refractivity contribution in [1.82, 2.24) is 0 Å². The molecule has 0 aromatic heterocycles. The summed E-state index contributed by atoms with van der Waals surface area (Å²) in [6, 6.07) is 43.6. The molecule has 0 aliphatic rings. The molecule has 10 nitrogen and oxygen atoms in total. The van der Waals surface area contributed by atoms with Crippen LogP contribution in [0, 0.1) is 13.8 Å². The Balaban J connectivity index is 1.03. The molecule has 0 N–H and O–H groups in total. The van der Waals surface area contributed by atoms with E-state index in [1.54, 1.807) is 0 Å². The molecule has 6 aromatic rings. The van der Waals surface area contributed by atoms with Crippen LogP contribution in [0.2, 0.25) is 0 Å². The Morgan fingerprint density at radius 3 is 0.750 bits per heavy atom. The summed E-state index contributed by atoms with van der Waals surface area (Å²) in [5.74, 6) is 0. The zero-order chi connectivity index (χ0) is 39.3. The highest BCUT2D eigenvalue weighted by molar-refractivity contribution is 5.74. The summed E-state index contributed by atoms with van der Waals surface area (Å²) < 4.78 is 0. The fourth-order valence-corrected chi connectivity index (χ4v) is 6.30. The van der Waals surface area contributed by atoms with Gasteiger partial charge >= 0.3 is 0 Å². The number of rotatable bonds is 15. The van der Waals surface area contributed by atoms with Gasteiger partial charge in [0.2, 0.25) is 0 Å². The lowest BCUT2D eigenvalue weighted by Crippen LogP contribution is -2.21. The minimum atomic E-state index is 0.740. The quantitative estimate of drug-likeness (QED) is 0.0978. The second-order valence-corrected chi connectivity index (χ2v) is 13.2. The lowest BCUT2D eigenvalue weighted by molar-refractivity contribution is 0.866. The molecule has 0 saturated carbocycles. The van der Waals surface area contributed by atoms with Crippen LogP contribution in [0.15, 0.2) is 174 Å². The topological polar surface area (TPSA) is 105 Å². The summed E-state index contributed by atoms with van der Waals surface area (Å²) in [5.41, 5.74) is 13.0. The van der Waals surface area contributed by atoms with Crippen molar-refractivity contribution in [3.8, 4) is 11.1 Å². The van der Waals surface area contributed by atoms with E-state index in [4.69, 9.17) is 0 Å². The van der Waals surface area contributed by atoms with Gasteiger partial charge in [-0.3, -0.25) is 0 Å². The minimum Gasteiger partial charge on any atom is -0.372 e. The summed E-state index contributed by atoms with van der Waals surface area (Å²) >= 11 is 0. The van der Waals surface area contributed by atoms with E-state index >= 15 is 0 Å². The molecule has 0 aliphatic heterocycles. The molecule has 0 bridgehead atoms. The van der Waals surface area contributed by atoms with E-state index < -0.39 is 0 Å². The molecule has 6 aromatic carbocycles. The number of aryl methyl sites for hydroxylation is 2. The van der Waals surface area contributed by atoms with Gasteiger partial charge < -0.3 is 9.80 Å². The third-order valence-corrected chi connectivity index (χ3v) is 9.49. The minimum absolute atomic E-state index is 0.740. The van der Waals surface area contributed by atoms with Crippen LogP contribution in [-0.2, 0) is 0 Å². The first-order valence-corrected chi connectivity index (χ1v) is 19.1. The first-order chi connectivity index (χ1) is 27.3. The number of azo groups is 4. The van der Waals surface area contributed by atoms with E-state index in [0.717, 1.165) is 93.9 Å². The molecule has 0 saturated heterocycles. The molecule has 0 unspecified atom stereocenters. The summed E-state index contributed by atoms with van der Waals surface area (Å²) in [5, 5.41) is 35.4. The molecule has 0 heterocycles. The fourth-order valence-electron chi connectivity index (χ4n) is 6.30. The highest BCUT2D eigenvalue weighted by Gasteiger charge is 2.08. The highest BCUT2D eigenvalue weighted by Crippen LogP contribution is 2.33. The van der Waals surface area contributed by atoms with E-state index in [9.17, 15) is 0 Å². The Morgan fingerprint density at radius 1 is 0.304 bits per heavy atom. The molecule has 0 atom stereocenters. The van der Waals surface area contributed by atoms with Gasteiger partial charge in [0.05, 0.1) is 45.5 Å². The smallest absolute Gasteiger partial charge is 0.0860 e.